The van der Waals surface area contributed by atoms with E-state index in [2.05, 4.69) is 31.9 Å². The highest BCUT2D eigenvalue weighted by molar-refractivity contribution is 6.37. The van der Waals surface area contributed by atoms with E-state index in [0.717, 1.165) is 4.90 Å². The number of hydrogen-bond donors (Lipinski definition) is 10. The number of carbonyl (C=O) groups excluding carboxylic acids is 7. The molecule has 8 atom stereocenters. The number of carbonyl (C=O) groups is 8. The second kappa shape index (κ2) is 18.9. The van der Waals surface area contributed by atoms with Crippen LogP contribution in [0.3, 0.4) is 0 Å². The Kier molecular flexibility index (Phi) is 14.4. The number of anilines is 1. The molecule has 2 saturated heterocycles. The molecule has 52 heavy (non-hydrogen) atoms. The van der Waals surface area contributed by atoms with Crippen molar-refractivity contribution in [1.29, 1.82) is 0 Å². The number of nitrogens with one attached hydrogen (secondary N) is 6. The number of rotatable bonds is 18. The van der Waals surface area contributed by atoms with Crippen molar-refractivity contribution in [3.8, 4) is 0 Å². The van der Waals surface area contributed by atoms with Crippen molar-refractivity contribution >= 4 is 53.0 Å². The Morgan fingerprint density at radius 3 is 2.19 bits per heavy atom. The van der Waals surface area contributed by atoms with Crippen LogP contribution in [-0.4, -0.2) is 135 Å². The lowest BCUT2D eigenvalue weighted by atomic mass is 9.92. The lowest BCUT2D eigenvalue weighted by Crippen LogP contribution is -2.68. The fourth-order valence-electron chi connectivity index (χ4n) is 5.25. The molecule has 286 valence electrons. The van der Waals surface area contributed by atoms with Crippen molar-refractivity contribution in [3.63, 3.8) is 0 Å². The molecule has 0 saturated carbocycles. The van der Waals surface area contributed by atoms with Gasteiger partial charge in [-0.3, -0.25) is 38.4 Å². The minimum atomic E-state index is -1.62. The second-order valence-electron chi connectivity index (χ2n) is 12.5. The predicted octanol–water partition coefficient (Wildman–Crippen LogP) is -3.98. The van der Waals surface area contributed by atoms with Gasteiger partial charge in [0.1, 0.15) is 36.6 Å². The van der Waals surface area contributed by atoms with Crippen LogP contribution in [0.4, 0.5) is 5.69 Å². The van der Waals surface area contributed by atoms with Crippen molar-refractivity contribution in [3.05, 3.63) is 29.8 Å². The van der Waals surface area contributed by atoms with E-state index < -0.39 is 109 Å². The molecule has 0 bridgehead atoms. The summed E-state index contributed by atoms with van der Waals surface area (Å²) in [6.07, 6.45) is -8.50. The summed E-state index contributed by atoms with van der Waals surface area (Å²) in [5, 5.41) is 54.0. The van der Waals surface area contributed by atoms with Gasteiger partial charge in [-0.1, -0.05) is 26.0 Å². The number of hydrogen-bond acceptors (Lipinski definition) is 12. The molecule has 0 radical (unpaired) electrons. The largest absolute Gasteiger partial charge is 0.481 e. The molecule has 0 spiro atoms. The standard InChI is InChI=1S/C32H45N7O13/c1-15(2)24(37-21(41)10-11-33-22(42)12-34-20(40)8-9-23(43)44)30(49)35-16(3)29(48)36-18-6-4-17(5-7-18)13-52-14-19-25(45)26(46)27(47)28-38-31(50)32(51)39(19)28/h4-7,15-16,19,24-28,45-47H,8-14H2,1-3H3,(H,33,42)(H,34,40)(H,35,49)(H,36,48)(H,37,41)(H,38,50)(H,43,44)/t16-,19+,24-,25+,26-,27-,28-/m0/s1/i8T/t8?,16-,19+,24-,25+,26-,27-,28-. The van der Waals surface area contributed by atoms with Gasteiger partial charge in [0.05, 0.1) is 32.2 Å². The predicted molar refractivity (Wildman–Crippen MR) is 177 cm³/mol. The maximum Gasteiger partial charge on any atom is 0.314 e. The summed E-state index contributed by atoms with van der Waals surface area (Å²) in [5.41, 5.74) is 1.01. The van der Waals surface area contributed by atoms with E-state index in [1.165, 1.54) is 6.92 Å². The van der Waals surface area contributed by atoms with Crippen LogP contribution in [0.2, 0.25) is 0 Å². The quantitative estimate of drug-likeness (QED) is 0.0644. The van der Waals surface area contributed by atoms with Gasteiger partial charge >= 0.3 is 17.8 Å². The van der Waals surface area contributed by atoms with Crippen molar-refractivity contribution < 1.29 is 64.9 Å². The highest BCUT2D eigenvalue weighted by Gasteiger charge is 2.55. The van der Waals surface area contributed by atoms with Crippen LogP contribution in [0.25, 0.3) is 0 Å². The van der Waals surface area contributed by atoms with Crippen LogP contribution in [0.5, 0.6) is 0 Å². The Morgan fingerprint density at radius 2 is 1.56 bits per heavy atom. The topological polar surface area (TPSA) is 302 Å². The van der Waals surface area contributed by atoms with E-state index in [1.807, 2.05) is 0 Å². The fourth-order valence-corrected chi connectivity index (χ4v) is 5.25. The first-order valence-electron chi connectivity index (χ1n) is 16.9. The lowest BCUT2D eigenvalue weighted by molar-refractivity contribution is -0.178. The number of ether oxygens (including phenoxy) is 1. The third-order valence-corrected chi connectivity index (χ3v) is 8.14. The van der Waals surface area contributed by atoms with Gasteiger partial charge in [0.15, 0.2) is 0 Å². The first kappa shape index (κ1) is 39.6. The molecule has 20 heteroatoms. The van der Waals surface area contributed by atoms with Gasteiger partial charge in [0.2, 0.25) is 29.5 Å². The Morgan fingerprint density at radius 1 is 0.885 bits per heavy atom. The smallest absolute Gasteiger partial charge is 0.314 e. The molecule has 20 nitrogen and oxygen atoms in total. The van der Waals surface area contributed by atoms with Crippen molar-refractivity contribution in [2.75, 3.05) is 25.0 Å². The zero-order valence-electron chi connectivity index (χ0n) is 29.7. The lowest BCUT2D eigenvalue weighted by Gasteiger charge is -2.44. The second-order valence-corrected chi connectivity index (χ2v) is 12.5. The van der Waals surface area contributed by atoms with Gasteiger partial charge in [-0.05, 0) is 30.5 Å². The number of carboxylic acid groups (broad SMARTS) is 1. The van der Waals surface area contributed by atoms with E-state index >= 15 is 0 Å². The summed E-state index contributed by atoms with van der Waals surface area (Å²) in [5.74, 6) is -7.04. The van der Waals surface area contributed by atoms with Crippen LogP contribution in [0.1, 0.15) is 46.9 Å². The summed E-state index contributed by atoms with van der Waals surface area (Å²) >= 11 is 0. The van der Waals surface area contributed by atoms with Crippen LogP contribution in [0.15, 0.2) is 24.3 Å². The minimum Gasteiger partial charge on any atom is -0.481 e. The molecule has 3 rings (SSSR count). The summed E-state index contributed by atoms with van der Waals surface area (Å²) in [4.78, 5) is 97.6. The fraction of sp³-hybridized carbons (Fsp3) is 0.562. The van der Waals surface area contributed by atoms with Crippen molar-refractivity contribution in [1.82, 2.24) is 31.5 Å². The highest BCUT2D eigenvalue weighted by atomic mass is 16.5. The number of aliphatic hydroxyl groups excluding tert-OH is 3. The molecular weight excluding hydrogens is 690 g/mol. The monoisotopic (exact) mass is 737 g/mol. The van der Waals surface area contributed by atoms with E-state index in [9.17, 15) is 53.7 Å². The number of amides is 7. The molecule has 10 N–H and O–H groups in total. The van der Waals surface area contributed by atoms with Crippen LogP contribution in [0, 0.1) is 5.92 Å². The summed E-state index contributed by atoms with van der Waals surface area (Å²) in [7, 11) is 0. The summed E-state index contributed by atoms with van der Waals surface area (Å²) in [6, 6.07) is 3.24. The first-order chi connectivity index (χ1) is 24.9. The molecule has 2 fully saturated rings. The Balaban J connectivity index is 1.41. The van der Waals surface area contributed by atoms with Gasteiger partial charge in [0.25, 0.3) is 0 Å². The molecule has 2 aliphatic rings. The Bertz CT molecular complexity index is 1550. The molecular formula is C32H45N7O13. The van der Waals surface area contributed by atoms with E-state index in [0.29, 0.717) is 11.3 Å². The van der Waals surface area contributed by atoms with Gasteiger partial charge in [-0.15, -0.1) is 0 Å². The van der Waals surface area contributed by atoms with Gasteiger partial charge in [-0.25, -0.2) is 0 Å². The van der Waals surface area contributed by atoms with E-state index in [-0.39, 0.29) is 32.1 Å². The van der Waals surface area contributed by atoms with Gasteiger partial charge in [-0.2, -0.15) is 0 Å². The maximum atomic E-state index is 13.0. The summed E-state index contributed by atoms with van der Waals surface area (Å²) < 4.78 is 13.1. The SMILES string of the molecule is [3H]C(CC(=O)O)C(=O)NCC(=O)NCCC(=O)N[C@H](C(=O)N[C@@H](C)C(=O)Nc1ccc(COC[C@@H]2[C@@H](O)[C@H](O)[C@H](O)[C@H]3NC(=O)C(=O)N23)cc1)C(C)C. The number of aliphatic carboxylic acids is 1. The van der Waals surface area contributed by atoms with E-state index in [1.54, 1.807) is 38.1 Å². The highest BCUT2D eigenvalue weighted by Crippen LogP contribution is 2.27. The normalized spacial score (nSPS) is 22.9. The third-order valence-electron chi connectivity index (χ3n) is 8.14. The molecule has 1 aromatic carbocycles. The molecule has 1 aromatic rings. The van der Waals surface area contributed by atoms with Gasteiger partial charge < -0.3 is 62.0 Å². The zero-order valence-corrected chi connectivity index (χ0v) is 28.7. The molecule has 2 aliphatic heterocycles. The average molecular weight is 738 g/mol. The van der Waals surface area contributed by atoms with E-state index in [4.69, 9.17) is 11.2 Å². The molecule has 1 unspecified atom stereocenters. The number of aliphatic hydroxyl groups is 3. The number of fused-ring (bicyclic) bond motifs is 1. The third kappa shape index (κ3) is 11.4. The minimum absolute atomic E-state index is 0.00714. The number of carboxylic acids is 1. The first-order valence-corrected chi connectivity index (χ1v) is 16.3. The molecule has 0 aromatic heterocycles. The van der Waals surface area contributed by atoms with Crippen molar-refractivity contribution in [2.24, 2.45) is 5.92 Å². The van der Waals surface area contributed by atoms with Crippen LogP contribution < -0.4 is 31.9 Å². The zero-order chi connectivity index (χ0) is 39.6. The van der Waals surface area contributed by atoms with Crippen LogP contribution >= 0.6 is 0 Å². The van der Waals surface area contributed by atoms with Gasteiger partial charge in [0, 0.05) is 26.4 Å². The summed E-state index contributed by atoms with van der Waals surface area (Å²) in [6.45, 7) is 3.87. The number of piperidine rings is 1. The molecule has 0 aliphatic carbocycles. The molecule has 2 heterocycles. The average Bonchev–Trinajstić information content (AvgIpc) is 3.39. The number of nitrogens with zero attached hydrogens (tertiary/aromatic N) is 1. The Labute approximate surface area is 299 Å². The Hall–Kier alpha value is -5.18. The van der Waals surface area contributed by atoms with Crippen LogP contribution in [-0.2, 0) is 49.7 Å². The molecule has 7 amide bonds. The number of benzene rings is 1. The maximum absolute atomic E-state index is 13.0. The van der Waals surface area contributed by atoms with Crippen molar-refractivity contribution in [2.45, 2.75) is 89.2 Å².